The van der Waals surface area contributed by atoms with Crippen LogP contribution in [0.2, 0.25) is 10.0 Å². The lowest BCUT2D eigenvalue weighted by Gasteiger charge is -2.27. The zero-order chi connectivity index (χ0) is 25.8. The predicted octanol–water partition coefficient (Wildman–Crippen LogP) is 4.66. The van der Waals surface area contributed by atoms with Crippen molar-refractivity contribution in [3.8, 4) is 11.5 Å². The summed E-state index contributed by atoms with van der Waals surface area (Å²) in [5.74, 6) is 0.0934. The Balaban J connectivity index is 1.69. The Hall–Kier alpha value is -1.68. The zero-order valence-electron chi connectivity index (χ0n) is 19.4. The summed E-state index contributed by atoms with van der Waals surface area (Å²) in [5.41, 5.74) is 1.40. The van der Waals surface area contributed by atoms with Crippen molar-refractivity contribution in [3.05, 3.63) is 57.6 Å². The number of halogens is 3. The van der Waals surface area contributed by atoms with Crippen LogP contribution in [-0.4, -0.2) is 47.4 Å². The molecular weight excluding hydrogens is 537 g/mol. The van der Waals surface area contributed by atoms with E-state index in [1.165, 1.54) is 6.92 Å². The second kappa shape index (κ2) is 12.0. The number of ether oxygens (including phenoxy) is 3. The summed E-state index contributed by atoms with van der Waals surface area (Å²) in [6, 6.07) is 11.1. The number of benzene rings is 2. The first-order valence-electron chi connectivity index (χ1n) is 10.8. The largest absolute Gasteiger partial charge is 0.591 e. The molecule has 35 heavy (non-hydrogen) atoms. The van der Waals surface area contributed by atoms with Crippen molar-refractivity contribution in [3.63, 3.8) is 0 Å². The van der Waals surface area contributed by atoms with Gasteiger partial charge in [-0.25, -0.2) is 4.79 Å². The monoisotopic (exact) mass is 561 g/mol. The second-order valence-corrected chi connectivity index (χ2v) is 10.9. The number of carbonyl (C=O) groups excluding carboxylic acids is 2. The molecule has 1 heterocycles. The van der Waals surface area contributed by atoms with Crippen molar-refractivity contribution < 1.29 is 28.4 Å². The number of hydrogen-bond donors (Lipinski definition) is 1. The molecule has 7 nitrogen and oxygen atoms in total. The molecule has 3 unspecified atom stereocenters. The molecule has 0 spiro atoms. The molecule has 11 heteroatoms. The summed E-state index contributed by atoms with van der Waals surface area (Å²) < 4.78 is 30.5. The van der Waals surface area contributed by atoms with Crippen molar-refractivity contribution in [1.29, 1.82) is 0 Å². The van der Waals surface area contributed by atoms with Crippen LogP contribution in [0.25, 0.3) is 0 Å². The average Bonchev–Trinajstić information content (AvgIpc) is 3.13. The SMILES string of the molecule is CC(=O)OC(CCl)COc1c(Cl)cc(C(C)(C)c2ccc(OCC3CN[S+]([O-])C3=O)cc2)cc1Cl. The fourth-order valence-electron chi connectivity index (χ4n) is 3.52. The summed E-state index contributed by atoms with van der Waals surface area (Å²) in [6.45, 7) is 5.89. The number of carbonyl (C=O) groups is 2. The highest BCUT2D eigenvalue weighted by Crippen LogP contribution is 2.40. The van der Waals surface area contributed by atoms with Gasteiger partial charge in [0.05, 0.1) is 22.5 Å². The van der Waals surface area contributed by atoms with Gasteiger partial charge in [0.25, 0.3) is 0 Å². The molecule has 1 aliphatic rings. The van der Waals surface area contributed by atoms with Crippen molar-refractivity contribution >= 4 is 57.2 Å². The van der Waals surface area contributed by atoms with Gasteiger partial charge >= 0.3 is 11.1 Å². The molecule has 190 valence electrons. The Morgan fingerprint density at radius 2 is 1.80 bits per heavy atom. The minimum atomic E-state index is -1.63. The minimum Gasteiger partial charge on any atom is -0.591 e. The van der Waals surface area contributed by atoms with Crippen LogP contribution in [0, 0.1) is 5.92 Å². The maximum absolute atomic E-state index is 11.8. The fourth-order valence-corrected chi connectivity index (χ4v) is 5.22. The van der Waals surface area contributed by atoms with E-state index in [1.807, 2.05) is 38.1 Å². The van der Waals surface area contributed by atoms with Crippen molar-refractivity contribution in [1.82, 2.24) is 4.72 Å². The minimum absolute atomic E-state index is 0.0190. The van der Waals surface area contributed by atoms with Crippen LogP contribution in [0.5, 0.6) is 11.5 Å². The van der Waals surface area contributed by atoms with Crippen LogP contribution in [0.4, 0.5) is 0 Å². The maximum Gasteiger partial charge on any atom is 0.357 e. The highest BCUT2D eigenvalue weighted by atomic mass is 35.5. The molecule has 1 aliphatic heterocycles. The third-order valence-electron chi connectivity index (χ3n) is 5.64. The standard InChI is InChI=1S/C24H26Cl3NO6S/c1-14(29)34-19(10-25)13-33-22-20(26)8-17(9-21(22)27)24(2,3)16-4-6-18(7-5-16)32-12-15-11-28-35(31)23(15)30/h4-9,15,19,28H,10-13H2,1-3H3. The number of rotatable bonds is 10. The van der Waals surface area contributed by atoms with Crippen LogP contribution in [0.15, 0.2) is 36.4 Å². The Morgan fingerprint density at radius 1 is 1.17 bits per heavy atom. The Bertz CT molecular complexity index is 1040. The van der Waals surface area contributed by atoms with Crippen LogP contribution in [0.1, 0.15) is 31.9 Å². The van der Waals surface area contributed by atoms with Crippen LogP contribution >= 0.6 is 34.8 Å². The van der Waals surface area contributed by atoms with Gasteiger partial charge in [0, 0.05) is 12.3 Å². The van der Waals surface area contributed by atoms with Crippen LogP contribution in [0.3, 0.4) is 0 Å². The molecule has 0 aromatic heterocycles. The number of esters is 1. The molecule has 3 atom stereocenters. The van der Waals surface area contributed by atoms with Gasteiger partial charge in [0.15, 0.2) is 5.75 Å². The predicted molar refractivity (Wildman–Crippen MR) is 137 cm³/mol. The molecule has 0 aliphatic carbocycles. The van der Waals surface area contributed by atoms with Gasteiger partial charge in [0.2, 0.25) is 0 Å². The molecule has 1 N–H and O–H groups in total. The summed E-state index contributed by atoms with van der Waals surface area (Å²) >= 11 is 17.2. The molecule has 0 bridgehead atoms. The number of nitrogens with one attached hydrogen (secondary N) is 1. The molecule has 3 rings (SSSR count). The smallest absolute Gasteiger partial charge is 0.357 e. The molecular formula is C24H26Cl3NO6S. The summed E-state index contributed by atoms with van der Waals surface area (Å²) in [4.78, 5) is 22.9. The molecule has 2 aromatic carbocycles. The topological polar surface area (TPSA) is 96.9 Å². The van der Waals surface area contributed by atoms with Gasteiger partial charge < -0.3 is 18.8 Å². The first kappa shape index (κ1) is 27.9. The fraction of sp³-hybridized carbons (Fsp3) is 0.417. The molecule has 1 fully saturated rings. The van der Waals surface area contributed by atoms with Crippen molar-refractivity contribution in [2.24, 2.45) is 5.92 Å². The first-order chi connectivity index (χ1) is 16.5. The van der Waals surface area contributed by atoms with E-state index in [0.29, 0.717) is 22.3 Å². The summed E-state index contributed by atoms with van der Waals surface area (Å²) in [5, 5.41) is 0.307. The third kappa shape index (κ3) is 6.96. The lowest BCUT2D eigenvalue weighted by atomic mass is 9.78. The van der Waals surface area contributed by atoms with Gasteiger partial charge in [-0.3, -0.25) is 4.79 Å². The molecule has 2 aromatic rings. The number of alkyl halides is 1. The Labute approximate surface area is 222 Å². The average molecular weight is 563 g/mol. The summed E-state index contributed by atoms with van der Waals surface area (Å²) in [6.07, 6.45) is -0.622. The second-order valence-electron chi connectivity index (χ2n) is 8.56. The third-order valence-corrected chi connectivity index (χ3v) is 7.68. The van der Waals surface area contributed by atoms with E-state index < -0.39 is 34.8 Å². The van der Waals surface area contributed by atoms with Crippen LogP contribution < -0.4 is 14.2 Å². The lowest BCUT2D eigenvalue weighted by molar-refractivity contribution is -0.146. The summed E-state index contributed by atoms with van der Waals surface area (Å²) in [7, 11) is 0. The van der Waals surface area contributed by atoms with E-state index in [4.69, 9.17) is 49.0 Å². The van der Waals surface area contributed by atoms with Gasteiger partial charge in [-0.1, -0.05) is 49.2 Å². The van der Waals surface area contributed by atoms with E-state index in [9.17, 15) is 14.1 Å². The highest BCUT2D eigenvalue weighted by Gasteiger charge is 2.38. The van der Waals surface area contributed by atoms with Gasteiger partial charge in [-0.2, -0.15) is 0 Å². The van der Waals surface area contributed by atoms with E-state index in [2.05, 4.69) is 4.72 Å². The highest BCUT2D eigenvalue weighted by molar-refractivity contribution is 8.04. The van der Waals surface area contributed by atoms with E-state index >= 15 is 0 Å². The first-order valence-corrected chi connectivity index (χ1v) is 13.2. The molecule has 1 saturated heterocycles. The maximum atomic E-state index is 11.8. The zero-order valence-corrected chi connectivity index (χ0v) is 22.5. The van der Waals surface area contributed by atoms with Gasteiger partial charge in [0.1, 0.15) is 42.3 Å². The number of hydrogen-bond acceptors (Lipinski definition) is 7. The van der Waals surface area contributed by atoms with Crippen molar-refractivity contribution in [2.45, 2.75) is 32.3 Å². The Kier molecular flexibility index (Phi) is 9.60. The molecule has 0 saturated carbocycles. The Morgan fingerprint density at radius 3 is 2.31 bits per heavy atom. The van der Waals surface area contributed by atoms with E-state index in [1.54, 1.807) is 12.1 Å². The molecule has 0 radical (unpaired) electrons. The van der Waals surface area contributed by atoms with E-state index in [0.717, 1.165) is 11.1 Å². The van der Waals surface area contributed by atoms with Crippen LogP contribution in [-0.2, 0) is 31.1 Å². The molecule has 0 amide bonds. The quantitative estimate of drug-likeness (QED) is 0.256. The van der Waals surface area contributed by atoms with Gasteiger partial charge in [-0.15, -0.1) is 16.3 Å². The van der Waals surface area contributed by atoms with Crippen molar-refractivity contribution in [2.75, 3.05) is 25.6 Å². The van der Waals surface area contributed by atoms with E-state index in [-0.39, 0.29) is 30.0 Å². The lowest BCUT2D eigenvalue weighted by Crippen LogP contribution is -2.26. The normalized spacial score (nSPS) is 18.9. The van der Waals surface area contributed by atoms with Gasteiger partial charge in [-0.05, 0) is 35.4 Å².